The molecule has 3 N–H and O–H groups in total. The summed E-state index contributed by atoms with van der Waals surface area (Å²) in [6.45, 7) is 2.25. The molecule has 0 aromatic heterocycles. The predicted octanol–water partition coefficient (Wildman–Crippen LogP) is 11.7. The fourth-order valence-corrected chi connectivity index (χ4v) is 6.62. The van der Waals surface area contributed by atoms with Gasteiger partial charge in [0.15, 0.2) is 6.10 Å². The maximum Gasteiger partial charge on any atom is 0.472 e. The number of hydrogen-bond donors (Lipinski definition) is 3. The Morgan fingerprint density at radius 3 is 1.50 bits per heavy atom. The molecule has 0 aliphatic carbocycles. The average Bonchev–Trinajstić information content (AvgIpc) is 3.19. The third-order valence-corrected chi connectivity index (χ3v) is 10.2. The largest absolute Gasteiger partial charge is 0.472 e. The van der Waals surface area contributed by atoms with Gasteiger partial charge in [-0.15, -0.1) is 0 Å². The van der Waals surface area contributed by atoms with Crippen molar-refractivity contribution >= 4 is 19.8 Å². The van der Waals surface area contributed by atoms with Gasteiger partial charge in [0.05, 0.1) is 19.8 Å². The molecule has 0 aromatic carbocycles. The van der Waals surface area contributed by atoms with Crippen LogP contribution in [0.5, 0.6) is 0 Å². The summed E-state index contributed by atoms with van der Waals surface area (Å²) in [5, 5.41) is 18.3. The number of phosphoric ester groups is 1. The predicted molar refractivity (Wildman–Crippen MR) is 228 cm³/mol. The van der Waals surface area contributed by atoms with Crippen LogP contribution in [0.1, 0.15) is 187 Å². The minimum Gasteiger partial charge on any atom is -0.462 e. The lowest BCUT2D eigenvalue weighted by Crippen LogP contribution is -2.29. The highest BCUT2D eigenvalue weighted by atomic mass is 31.2. The van der Waals surface area contributed by atoms with Gasteiger partial charge in [0, 0.05) is 12.8 Å². The van der Waals surface area contributed by atoms with Crippen molar-refractivity contribution in [2.45, 2.75) is 199 Å². The maximum absolute atomic E-state index is 12.6. The van der Waals surface area contributed by atoms with Crippen molar-refractivity contribution in [2.75, 3.05) is 26.4 Å². The molecule has 10 nitrogen and oxygen atoms in total. The number of esters is 2. The zero-order valence-electron chi connectivity index (χ0n) is 35.3. The summed E-state index contributed by atoms with van der Waals surface area (Å²) in [5.41, 5.74) is 0. The monoisotopic (exact) mass is 813 g/mol. The van der Waals surface area contributed by atoms with Crippen molar-refractivity contribution in [1.29, 1.82) is 0 Å². The Balaban J connectivity index is 4.31. The smallest absolute Gasteiger partial charge is 0.462 e. The van der Waals surface area contributed by atoms with E-state index in [0.717, 1.165) is 83.5 Å². The average molecular weight is 813 g/mol. The highest BCUT2D eigenvalue weighted by molar-refractivity contribution is 7.47. The summed E-state index contributed by atoms with van der Waals surface area (Å²) in [6.07, 6.45) is 43.6. The highest BCUT2D eigenvalue weighted by Crippen LogP contribution is 2.43. The van der Waals surface area contributed by atoms with Crippen molar-refractivity contribution < 1.29 is 47.8 Å². The molecule has 0 aromatic rings. The molecule has 3 unspecified atom stereocenters. The minimum absolute atomic E-state index is 0.170. The Morgan fingerprint density at radius 1 is 0.554 bits per heavy atom. The van der Waals surface area contributed by atoms with E-state index in [9.17, 15) is 24.2 Å². The van der Waals surface area contributed by atoms with Gasteiger partial charge in [-0.05, 0) is 70.6 Å². The lowest BCUT2D eigenvalue weighted by atomic mass is 10.1. The maximum atomic E-state index is 12.6. The summed E-state index contributed by atoms with van der Waals surface area (Å²) < 4.78 is 32.7. The fraction of sp³-hybridized carbons (Fsp3) is 0.778. The molecule has 0 spiro atoms. The van der Waals surface area contributed by atoms with E-state index in [1.54, 1.807) is 0 Å². The number of carbonyl (C=O) groups excluding carboxylic acids is 2. The van der Waals surface area contributed by atoms with E-state index in [-0.39, 0.29) is 19.4 Å². The van der Waals surface area contributed by atoms with E-state index in [4.69, 9.17) is 19.1 Å². The normalized spacial score (nSPS) is 14.3. The molecule has 0 aliphatic heterocycles. The van der Waals surface area contributed by atoms with Crippen LogP contribution >= 0.6 is 7.82 Å². The van der Waals surface area contributed by atoms with Crippen LogP contribution in [-0.2, 0) is 32.7 Å². The van der Waals surface area contributed by atoms with Gasteiger partial charge in [-0.2, -0.15) is 0 Å². The number of aliphatic hydroxyl groups is 2. The molecule has 0 saturated heterocycles. The first-order chi connectivity index (χ1) is 27.2. The van der Waals surface area contributed by atoms with Gasteiger partial charge in [0.25, 0.3) is 0 Å². The Labute approximate surface area is 341 Å². The van der Waals surface area contributed by atoms with E-state index in [1.807, 2.05) is 0 Å². The van der Waals surface area contributed by atoms with Crippen molar-refractivity contribution in [1.82, 2.24) is 0 Å². The van der Waals surface area contributed by atoms with Crippen LogP contribution in [-0.4, -0.2) is 65.7 Å². The molecule has 0 heterocycles. The fourth-order valence-electron chi connectivity index (χ4n) is 5.83. The summed E-state index contributed by atoms with van der Waals surface area (Å²) in [5.74, 6) is -0.946. The number of ether oxygens (including phenoxy) is 2. The highest BCUT2D eigenvalue weighted by Gasteiger charge is 2.27. The number of rotatable bonds is 41. The molecular formula is C45H81O10P. The number of unbranched alkanes of at least 4 members (excludes halogenated alkanes) is 19. The van der Waals surface area contributed by atoms with Gasteiger partial charge in [-0.25, -0.2) is 4.57 Å². The zero-order chi connectivity index (χ0) is 41.2. The molecule has 0 amide bonds. The van der Waals surface area contributed by atoms with Gasteiger partial charge in [0.1, 0.15) is 12.7 Å². The summed E-state index contributed by atoms with van der Waals surface area (Å²) in [6, 6.07) is 0. The summed E-state index contributed by atoms with van der Waals surface area (Å²) in [7, 11) is -4.62. The first kappa shape index (κ1) is 53.9. The molecule has 326 valence electrons. The number of phosphoric acid groups is 1. The number of carbonyl (C=O) groups is 2. The van der Waals surface area contributed by atoms with Crippen LogP contribution in [0.4, 0.5) is 0 Å². The molecule has 11 heteroatoms. The van der Waals surface area contributed by atoms with Crippen LogP contribution in [0.15, 0.2) is 48.6 Å². The SMILES string of the molecule is CC/C=C\C/C=C\C/C=C\CCCCCCCCCC(=O)OC(COC(=O)CCCCCCC/C=C\CCCCCCCCC)COP(=O)(O)OCC(O)CO. The molecule has 0 bridgehead atoms. The Bertz CT molecular complexity index is 1070. The zero-order valence-corrected chi connectivity index (χ0v) is 36.2. The van der Waals surface area contributed by atoms with E-state index < -0.39 is 51.8 Å². The molecule has 0 saturated carbocycles. The quantitative estimate of drug-likeness (QED) is 0.0236. The van der Waals surface area contributed by atoms with Gasteiger partial charge >= 0.3 is 19.8 Å². The number of allylic oxidation sites excluding steroid dienone is 8. The van der Waals surface area contributed by atoms with Crippen molar-refractivity contribution in [3.63, 3.8) is 0 Å². The van der Waals surface area contributed by atoms with Crippen LogP contribution in [0, 0.1) is 0 Å². The second-order valence-corrected chi connectivity index (χ2v) is 16.1. The Kier molecular flexibility index (Phi) is 39.6. The second-order valence-electron chi connectivity index (χ2n) is 14.7. The Hall–Kier alpha value is -2.07. The first-order valence-electron chi connectivity index (χ1n) is 22.1. The lowest BCUT2D eigenvalue weighted by molar-refractivity contribution is -0.161. The molecule has 0 rings (SSSR count). The van der Waals surface area contributed by atoms with Gasteiger partial charge in [-0.3, -0.25) is 18.6 Å². The van der Waals surface area contributed by atoms with Gasteiger partial charge < -0.3 is 24.6 Å². The minimum atomic E-state index is -4.62. The van der Waals surface area contributed by atoms with E-state index in [0.29, 0.717) is 12.8 Å². The topological polar surface area (TPSA) is 149 Å². The van der Waals surface area contributed by atoms with Crippen molar-refractivity contribution in [2.24, 2.45) is 0 Å². The molecule has 3 atom stereocenters. The molecule has 56 heavy (non-hydrogen) atoms. The van der Waals surface area contributed by atoms with E-state index in [1.165, 1.54) is 64.2 Å². The third-order valence-electron chi connectivity index (χ3n) is 9.22. The van der Waals surface area contributed by atoms with Crippen LogP contribution in [0.2, 0.25) is 0 Å². The summed E-state index contributed by atoms with van der Waals surface area (Å²) >= 11 is 0. The first-order valence-corrected chi connectivity index (χ1v) is 23.6. The van der Waals surface area contributed by atoms with Gasteiger partial charge in [-0.1, -0.05) is 152 Å². The number of hydrogen-bond acceptors (Lipinski definition) is 9. The summed E-state index contributed by atoms with van der Waals surface area (Å²) in [4.78, 5) is 35.0. The van der Waals surface area contributed by atoms with Crippen molar-refractivity contribution in [3.8, 4) is 0 Å². The van der Waals surface area contributed by atoms with Gasteiger partial charge in [0.2, 0.25) is 0 Å². The van der Waals surface area contributed by atoms with Crippen molar-refractivity contribution in [3.05, 3.63) is 48.6 Å². The molecule has 0 aliphatic rings. The van der Waals surface area contributed by atoms with E-state index in [2.05, 4.69) is 67.0 Å². The standard InChI is InChI=1S/C45H81O10P/c1-3-5-7-9-11-13-15-17-19-21-23-25-27-29-31-33-35-37-45(49)55-43(41-54-56(50,51)53-39-42(47)38-46)40-52-44(48)36-34-32-30-28-26-24-22-20-18-16-14-12-10-8-6-4-2/h5,7,11,13,17,19-20,22,42-43,46-47H,3-4,6,8-10,12,14-16,18,21,23-41H2,1-2H3,(H,50,51)/b7-5-,13-11-,19-17-,22-20-. The lowest BCUT2D eigenvalue weighted by Gasteiger charge is -2.20. The van der Waals surface area contributed by atoms with Crippen LogP contribution < -0.4 is 0 Å². The Morgan fingerprint density at radius 2 is 0.982 bits per heavy atom. The molecule has 0 fully saturated rings. The molecular weight excluding hydrogens is 731 g/mol. The number of aliphatic hydroxyl groups excluding tert-OH is 2. The van der Waals surface area contributed by atoms with Crippen LogP contribution in [0.3, 0.4) is 0 Å². The van der Waals surface area contributed by atoms with Crippen LogP contribution in [0.25, 0.3) is 0 Å². The second kappa shape index (κ2) is 41.1. The molecule has 0 radical (unpaired) electrons. The van der Waals surface area contributed by atoms with E-state index >= 15 is 0 Å². The third kappa shape index (κ3) is 40.1.